The van der Waals surface area contributed by atoms with Crippen molar-refractivity contribution >= 4 is 34.4 Å². The largest absolute Gasteiger partial charge is 0.331 e. The van der Waals surface area contributed by atoms with E-state index in [-0.39, 0.29) is 6.03 Å². The number of benzene rings is 2. The summed E-state index contributed by atoms with van der Waals surface area (Å²) in [5.74, 6) is 0. The lowest BCUT2D eigenvalue weighted by Crippen LogP contribution is -2.18. The van der Waals surface area contributed by atoms with Gasteiger partial charge in [-0.2, -0.15) is 0 Å². The van der Waals surface area contributed by atoms with Crippen molar-refractivity contribution in [2.24, 2.45) is 0 Å². The number of nitrogens with one attached hydrogen (secondary N) is 1. The van der Waals surface area contributed by atoms with E-state index in [1.165, 1.54) is 4.57 Å². The summed E-state index contributed by atoms with van der Waals surface area (Å²) in [6.07, 6.45) is 3.50. The molecule has 0 radical (unpaired) electrons. The number of pyridine rings is 1. The van der Waals surface area contributed by atoms with E-state index < -0.39 is 0 Å². The molecule has 0 aliphatic heterocycles. The third kappa shape index (κ3) is 2.99. The second-order valence-electron chi connectivity index (χ2n) is 5.59. The number of nitrogens with zero attached hydrogens (tertiary/aromatic N) is 2. The maximum absolute atomic E-state index is 12.7. The van der Waals surface area contributed by atoms with Crippen molar-refractivity contribution in [1.82, 2.24) is 9.55 Å². The number of fused-ring (bicyclic) bond motifs is 1. The lowest BCUT2D eigenvalue weighted by Gasteiger charge is -2.06. The molecule has 0 saturated carbocycles. The topological polar surface area (TPSA) is 46.9 Å². The molecule has 122 valence electrons. The van der Waals surface area contributed by atoms with E-state index in [2.05, 4.69) is 10.3 Å². The molecule has 2 aromatic heterocycles. The normalized spacial score (nSPS) is 10.8. The molecule has 0 aliphatic rings. The highest BCUT2D eigenvalue weighted by Gasteiger charge is 2.15. The van der Waals surface area contributed by atoms with Crippen LogP contribution in [0.1, 0.15) is 0 Å². The number of anilines is 1. The summed E-state index contributed by atoms with van der Waals surface area (Å²) in [4.78, 5) is 17.1. The molecule has 0 aliphatic carbocycles. The summed E-state index contributed by atoms with van der Waals surface area (Å²) in [5, 5.41) is 4.42. The average molecular weight is 348 g/mol. The Kier molecular flexibility index (Phi) is 3.96. The summed E-state index contributed by atoms with van der Waals surface area (Å²) in [5.41, 5.74) is 3.30. The van der Waals surface area contributed by atoms with Crippen molar-refractivity contribution in [3.8, 4) is 11.1 Å². The summed E-state index contributed by atoms with van der Waals surface area (Å²) in [7, 11) is 0. The third-order valence-electron chi connectivity index (χ3n) is 3.96. The number of rotatable bonds is 2. The van der Waals surface area contributed by atoms with Gasteiger partial charge in [-0.3, -0.25) is 4.57 Å². The van der Waals surface area contributed by atoms with E-state index >= 15 is 0 Å². The number of hydrogen-bond donors (Lipinski definition) is 1. The van der Waals surface area contributed by atoms with Crippen LogP contribution in [0.15, 0.2) is 79.1 Å². The zero-order chi connectivity index (χ0) is 17.2. The Hall–Kier alpha value is -3.11. The van der Waals surface area contributed by atoms with Gasteiger partial charge in [0.2, 0.25) is 0 Å². The van der Waals surface area contributed by atoms with Crippen LogP contribution in [0.3, 0.4) is 0 Å². The molecular weight excluding hydrogens is 334 g/mol. The van der Waals surface area contributed by atoms with Gasteiger partial charge < -0.3 is 5.32 Å². The van der Waals surface area contributed by atoms with Crippen molar-refractivity contribution in [2.75, 3.05) is 5.32 Å². The van der Waals surface area contributed by atoms with Gasteiger partial charge in [-0.05, 0) is 42.0 Å². The average Bonchev–Trinajstić information content (AvgIpc) is 3.04. The molecule has 0 spiro atoms. The standard InChI is InChI=1S/C20H14ClN3O/c21-15-8-10-16(11-9-15)23-20(25)24-13-18(14-5-2-1-3-6-14)17-7-4-12-22-19(17)24/h1-13H,(H,23,25). The van der Waals surface area contributed by atoms with Crippen LogP contribution >= 0.6 is 11.6 Å². The van der Waals surface area contributed by atoms with Gasteiger partial charge in [0.1, 0.15) is 5.65 Å². The van der Waals surface area contributed by atoms with Gasteiger partial charge in [-0.25, -0.2) is 9.78 Å². The fraction of sp³-hybridized carbons (Fsp3) is 0. The number of amides is 1. The van der Waals surface area contributed by atoms with Gasteiger partial charge in [0.25, 0.3) is 0 Å². The molecule has 25 heavy (non-hydrogen) atoms. The molecule has 0 bridgehead atoms. The van der Waals surface area contributed by atoms with Crippen molar-refractivity contribution in [1.29, 1.82) is 0 Å². The number of carbonyl (C=O) groups is 1. The first-order chi connectivity index (χ1) is 12.2. The summed E-state index contributed by atoms with van der Waals surface area (Å²) in [6, 6.07) is 20.5. The predicted molar refractivity (Wildman–Crippen MR) is 101 cm³/mol. The van der Waals surface area contributed by atoms with Gasteiger partial charge in [-0.1, -0.05) is 41.9 Å². The number of carbonyl (C=O) groups excluding carboxylic acids is 1. The van der Waals surface area contributed by atoms with Gasteiger partial charge in [0, 0.05) is 34.1 Å². The molecule has 0 saturated heterocycles. The minimum absolute atomic E-state index is 0.270. The van der Waals surface area contributed by atoms with Crippen LogP contribution in [0.5, 0.6) is 0 Å². The summed E-state index contributed by atoms with van der Waals surface area (Å²) < 4.78 is 1.53. The fourth-order valence-corrected chi connectivity index (χ4v) is 2.90. The molecule has 1 N–H and O–H groups in total. The van der Waals surface area contributed by atoms with E-state index in [0.717, 1.165) is 16.5 Å². The molecule has 4 rings (SSSR count). The zero-order valence-electron chi connectivity index (χ0n) is 13.2. The van der Waals surface area contributed by atoms with Crippen molar-refractivity contribution < 1.29 is 4.79 Å². The zero-order valence-corrected chi connectivity index (χ0v) is 13.9. The number of halogens is 1. The highest BCUT2D eigenvalue weighted by atomic mass is 35.5. The van der Waals surface area contributed by atoms with Crippen LogP contribution in [-0.2, 0) is 0 Å². The van der Waals surface area contributed by atoms with Crippen LogP contribution in [0.2, 0.25) is 5.02 Å². The molecule has 1 amide bonds. The van der Waals surface area contributed by atoms with Crippen LogP contribution < -0.4 is 5.32 Å². The first kappa shape index (κ1) is 15.4. The third-order valence-corrected chi connectivity index (χ3v) is 4.21. The number of aromatic nitrogens is 2. The Morgan fingerprint density at radius 1 is 0.960 bits per heavy atom. The Morgan fingerprint density at radius 2 is 1.72 bits per heavy atom. The summed E-state index contributed by atoms with van der Waals surface area (Å²) >= 11 is 5.89. The monoisotopic (exact) mass is 347 g/mol. The first-order valence-electron chi connectivity index (χ1n) is 7.81. The van der Waals surface area contributed by atoms with Gasteiger partial charge in [-0.15, -0.1) is 0 Å². The van der Waals surface area contributed by atoms with Crippen LogP contribution in [0, 0.1) is 0 Å². The molecule has 0 fully saturated rings. The second kappa shape index (κ2) is 6.42. The van der Waals surface area contributed by atoms with E-state index in [1.54, 1.807) is 30.5 Å². The lowest BCUT2D eigenvalue weighted by atomic mass is 10.1. The smallest absolute Gasteiger partial charge is 0.307 e. The van der Waals surface area contributed by atoms with Gasteiger partial charge in [0.05, 0.1) is 0 Å². The maximum Gasteiger partial charge on any atom is 0.331 e. The van der Waals surface area contributed by atoms with Crippen molar-refractivity contribution in [3.05, 3.63) is 84.1 Å². The van der Waals surface area contributed by atoms with Crippen LogP contribution in [0.4, 0.5) is 10.5 Å². The van der Waals surface area contributed by atoms with Gasteiger partial charge >= 0.3 is 6.03 Å². The Labute approximate surface area is 149 Å². The molecule has 0 unspecified atom stereocenters. The quantitative estimate of drug-likeness (QED) is 0.525. The molecule has 2 heterocycles. The van der Waals surface area contributed by atoms with Crippen LogP contribution in [0.25, 0.3) is 22.2 Å². The molecule has 2 aromatic carbocycles. The minimum atomic E-state index is -0.270. The highest BCUT2D eigenvalue weighted by molar-refractivity contribution is 6.30. The highest BCUT2D eigenvalue weighted by Crippen LogP contribution is 2.29. The predicted octanol–water partition coefficient (Wildman–Crippen LogP) is 5.44. The van der Waals surface area contributed by atoms with Gasteiger partial charge in [0.15, 0.2) is 0 Å². The Balaban J connectivity index is 1.77. The lowest BCUT2D eigenvalue weighted by molar-refractivity contribution is 0.254. The van der Waals surface area contributed by atoms with E-state index in [4.69, 9.17) is 11.6 Å². The van der Waals surface area contributed by atoms with Crippen molar-refractivity contribution in [3.63, 3.8) is 0 Å². The molecule has 0 atom stereocenters. The Morgan fingerprint density at radius 3 is 2.48 bits per heavy atom. The second-order valence-corrected chi connectivity index (χ2v) is 6.03. The fourth-order valence-electron chi connectivity index (χ4n) is 2.78. The van der Waals surface area contributed by atoms with E-state index in [0.29, 0.717) is 16.4 Å². The minimum Gasteiger partial charge on any atom is -0.307 e. The maximum atomic E-state index is 12.7. The van der Waals surface area contributed by atoms with E-state index in [1.807, 2.05) is 48.7 Å². The molecular formula is C20H14ClN3O. The summed E-state index contributed by atoms with van der Waals surface area (Å²) in [6.45, 7) is 0. The SMILES string of the molecule is O=C(Nc1ccc(Cl)cc1)n1cc(-c2ccccc2)c2cccnc21. The molecule has 5 heteroatoms. The Bertz CT molecular complexity index is 1040. The van der Waals surface area contributed by atoms with E-state index in [9.17, 15) is 4.79 Å². The first-order valence-corrected chi connectivity index (χ1v) is 8.18. The molecule has 4 aromatic rings. The number of hydrogen-bond acceptors (Lipinski definition) is 2. The van der Waals surface area contributed by atoms with Crippen LogP contribution in [-0.4, -0.2) is 15.6 Å². The van der Waals surface area contributed by atoms with Crippen molar-refractivity contribution in [2.45, 2.75) is 0 Å². The molecule has 4 nitrogen and oxygen atoms in total.